The molecule has 0 aromatic carbocycles. The zero-order valence-corrected chi connectivity index (χ0v) is 13.4. The highest BCUT2D eigenvalue weighted by Crippen LogP contribution is 2.28. The van der Waals surface area contributed by atoms with Gasteiger partial charge >= 0.3 is 12.0 Å². The topological polar surface area (TPSA) is 72.9 Å². The van der Waals surface area contributed by atoms with Gasteiger partial charge in [0.1, 0.15) is 6.04 Å². The first-order valence-corrected chi connectivity index (χ1v) is 7.70. The minimum absolute atomic E-state index is 0.252. The van der Waals surface area contributed by atoms with Crippen LogP contribution in [0.15, 0.2) is 0 Å². The first kappa shape index (κ1) is 16.1. The Balaban J connectivity index is 2.01. The van der Waals surface area contributed by atoms with Gasteiger partial charge in [-0.25, -0.2) is 9.59 Å². The van der Waals surface area contributed by atoms with E-state index in [0.717, 1.165) is 12.8 Å². The van der Waals surface area contributed by atoms with Crippen LogP contribution in [0.1, 0.15) is 40.0 Å². The molecule has 0 aromatic heterocycles. The Morgan fingerprint density at radius 2 is 1.81 bits per heavy atom. The fraction of sp³-hybridized carbons (Fsp3) is 0.867. The third kappa shape index (κ3) is 3.48. The number of likely N-dealkylation sites (tertiary alicyclic amines) is 1. The van der Waals surface area contributed by atoms with E-state index in [1.54, 1.807) is 4.90 Å². The van der Waals surface area contributed by atoms with Crippen molar-refractivity contribution in [2.75, 3.05) is 20.1 Å². The smallest absolute Gasteiger partial charge is 0.326 e. The van der Waals surface area contributed by atoms with Crippen LogP contribution in [0, 0.1) is 5.41 Å². The quantitative estimate of drug-likeness (QED) is 0.807. The molecule has 0 radical (unpaired) electrons. The van der Waals surface area contributed by atoms with Gasteiger partial charge in [0.25, 0.3) is 0 Å². The van der Waals surface area contributed by atoms with Crippen LogP contribution in [0.5, 0.6) is 0 Å². The number of carbonyl (C=O) groups is 2. The molecule has 2 aliphatic rings. The minimum Gasteiger partial charge on any atom is -0.480 e. The summed E-state index contributed by atoms with van der Waals surface area (Å²) < 4.78 is 0. The fourth-order valence-electron chi connectivity index (χ4n) is 3.36. The molecule has 2 amide bonds. The number of fused-ring (bicyclic) bond motifs is 2. The Labute approximate surface area is 126 Å². The lowest BCUT2D eigenvalue weighted by atomic mass is 9.87. The zero-order chi connectivity index (χ0) is 15.8. The van der Waals surface area contributed by atoms with Crippen molar-refractivity contribution in [3.05, 3.63) is 0 Å². The Morgan fingerprint density at radius 1 is 1.19 bits per heavy atom. The number of urea groups is 1. The number of carbonyl (C=O) groups excluding carboxylic acids is 1. The number of amides is 2. The number of rotatable bonds is 2. The van der Waals surface area contributed by atoms with E-state index >= 15 is 0 Å². The first-order valence-electron chi connectivity index (χ1n) is 7.70. The number of carboxylic acids is 1. The summed E-state index contributed by atoms with van der Waals surface area (Å²) in [4.78, 5) is 27.9. The number of likely N-dealkylation sites (N-methyl/N-ethyl adjacent to an activating group) is 1. The highest BCUT2D eigenvalue weighted by molar-refractivity contribution is 5.83. The van der Waals surface area contributed by atoms with Crippen LogP contribution in [0.25, 0.3) is 0 Å². The van der Waals surface area contributed by atoms with Gasteiger partial charge in [0.05, 0.1) is 0 Å². The monoisotopic (exact) mass is 297 g/mol. The maximum absolute atomic E-state index is 12.4. The van der Waals surface area contributed by atoms with E-state index in [9.17, 15) is 14.7 Å². The second-order valence-corrected chi connectivity index (χ2v) is 7.37. The van der Waals surface area contributed by atoms with E-state index in [1.807, 2.05) is 20.8 Å². The number of aliphatic carboxylic acids is 1. The largest absolute Gasteiger partial charge is 0.480 e. The van der Waals surface area contributed by atoms with Crippen molar-refractivity contribution in [2.45, 2.75) is 58.2 Å². The molecule has 2 saturated heterocycles. The Kier molecular flexibility index (Phi) is 4.46. The Morgan fingerprint density at radius 3 is 2.38 bits per heavy atom. The molecule has 2 heterocycles. The molecule has 2 N–H and O–H groups in total. The van der Waals surface area contributed by atoms with Gasteiger partial charge in [0, 0.05) is 25.2 Å². The summed E-state index contributed by atoms with van der Waals surface area (Å²) in [6.07, 6.45) is 3.29. The van der Waals surface area contributed by atoms with E-state index in [2.05, 4.69) is 17.3 Å². The normalized spacial score (nSPS) is 28.1. The van der Waals surface area contributed by atoms with E-state index < -0.39 is 17.4 Å². The maximum Gasteiger partial charge on any atom is 0.326 e. The highest BCUT2D eigenvalue weighted by Gasteiger charge is 2.38. The van der Waals surface area contributed by atoms with Crippen molar-refractivity contribution in [1.29, 1.82) is 0 Å². The molecule has 2 aliphatic heterocycles. The van der Waals surface area contributed by atoms with Crippen LogP contribution in [-0.2, 0) is 4.79 Å². The van der Waals surface area contributed by atoms with Gasteiger partial charge in [-0.3, -0.25) is 4.90 Å². The van der Waals surface area contributed by atoms with E-state index in [0.29, 0.717) is 25.2 Å². The fourth-order valence-corrected chi connectivity index (χ4v) is 3.36. The van der Waals surface area contributed by atoms with E-state index in [-0.39, 0.29) is 6.03 Å². The van der Waals surface area contributed by atoms with E-state index in [1.165, 1.54) is 6.42 Å². The average Bonchev–Trinajstić information content (AvgIpc) is 2.58. The van der Waals surface area contributed by atoms with Crippen molar-refractivity contribution >= 4 is 12.0 Å². The maximum atomic E-state index is 12.4. The molecule has 2 bridgehead atoms. The predicted octanol–water partition coefficient (Wildman–Crippen LogP) is 1.36. The molecule has 6 heteroatoms. The molecule has 3 atom stereocenters. The number of hydrogen-bond donors (Lipinski definition) is 2. The van der Waals surface area contributed by atoms with Gasteiger partial charge in [-0.1, -0.05) is 20.8 Å². The molecule has 2 rings (SSSR count). The van der Waals surface area contributed by atoms with Crippen LogP contribution in [-0.4, -0.2) is 65.2 Å². The molecule has 0 aromatic rings. The summed E-state index contributed by atoms with van der Waals surface area (Å²) in [7, 11) is 2.12. The lowest BCUT2D eigenvalue weighted by molar-refractivity contribution is -0.142. The van der Waals surface area contributed by atoms with Crippen molar-refractivity contribution < 1.29 is 14.7 Å². The van der Waals surface area contributed by atoms with E-state index in [4.69, 9.17) is 0 Å². The van der Waals surface area contributed by atoms with Crippen LogP contribution in [0.3, 0.4) is 0 Å². The summed E-state index contributed by atoms with van der Waals surface area (Å²) in [6.45, 7) is 6.86. The lowest BCUT2D eigenvalue weighted by Crippen LogP contribution is -2.54. The number of nitrogens with zero attached hydrogens (tertiary/aromatic N) is 2. The minimum atomic E-state index is -0.982. The molecule has 2 unspecified atom stereocenters. The molecule has 120 valence electrons. The van der Waals surface area contributed by atoms with Crippen LogP contribution >= 0.6 is 0 Å². The molecule has 0 aliphatic carbocycles. The second-order valence-electron chi connectivity index (χ2n) is 7.37. The van der Waals surface area contributed by atoms with Crippen molar-refractivity contribution in [3.63, 3.8) is 0 Å². The first-order chi connectivity index (χ1) is 9.70. The summed E-state index contributed by atoms with van der Waals surface area (Å²) in [5.41, 5.74) is -0.511. The van der Waals surface area contributed by atoms with Gasteiger partial charge in [-0.05, 0) is 31.7 Å². The van der Waals surface area contributed by atoms with Crippen molar-refractivity contribution in [1.82, 2.24) is 15.1 Å². The van der Waals surface area contributed by atoms with Gasteiger partial charge in [0.15, 0.2) is 0 Å². The summed E-state index contributed by atoms with van der Waals surface area (Å²) >= 11 is 0. The highest BCUT2D eigenvalue weighted by atomic mass is 16.4. The predicted molar refractivity (Wildman–Crippen MR) is 80.2 cm³/mol. The third-order valence-electron chi connectivity index (χ3n) is 4.82. The van der Waals surface area contributed by atoms with Gasteiger partial charge in [-0.15, -0.1) is 0 Å². The molecule has 2 fully saturated rings. The summed E-state index contributed by atoms with van der Waals surface area (Å²) in [5.74, 6) is -0.982. The third-order valence-corrected chi connectivity index (χ3v) is 4.82. The van der Waals surface area contributed by atoms with Gasteiger partial charge in [0.2, 0.25) is 0 Å². The number of nitrogens with one attached hydrogen (secondary N) is 1. The molecule has 21 heavy (non-hydrogen) atoms. The molecule has 0 saturated carbocycles. The SMILES string of the molecule is CN1C2CCC1CN(C(=O)N[C@@H](C(=O)O)C(C)(C)C)CC2. The molecular weight excluding hydrogens is 270 g/mol. The summed E-state index contributed by atoms with van der Waals surface area (Å²) in [6, 6.07) is -0.159. The van der Waals surface area contributed by atoms with Crippen molar-refractivity contribution in [3.8, 4) is 0 Å². The molecule has 6 nitrogen and oxygen atoms in total. The standard InChI is InChI=1S/C15H27N3O3/c1-15(2,3)12(13(19)20)16-14(21)18-8-7-10-5-6-11(9-18)17(10)4/h10-12H,5-9H2,1-4H3,(H,16,21)(H,19,20)/t10?,11?,12-/m0/s1. The lowest BCUT2D eigenvalue weighted by Gasteiger charge is -2.32. The van der Waals surface area contributed by atoms with Crippen LogP contribution < -0.4 is 5.32 Å². The molecular formula is C15H27N3O3. The zero-order valence-electron chi connectivity index (χ0n) is 13.4. The van der Waals surface area contributed by atoms with Gasteiger partial charge in [-0.2, -0.15) is 0 Å². The van der Waals surface area contributed by atoms with Crippen LogP contribution in [0.2, 0.25) is 0 Å². The summed E-state index contributed by atoms with van der Waals surface area (Å²) in [5, 5.41) is 12.0. The molecule has 0 spiro atoms. The average molecular weight is 297 g/mol. The number of carboxylic acid groups (broad SMARTS) is 1. The second kappa shape index (κ2) is 5.83. The van der Waals surface area contributed by atoms with Gasteiger partial charge < -0.3 is 15.3 Å². The number of hydrogen-bond acceptors (Lipinski definition) is 3. The Hall–Kier alpha value is -1.30. The Bertz CT molecular complexity index is 419. The van der Waals surface area contributed by atoms with Crippen LogP contribution in [0.4, 0.5) is 4.79 Å². The van der Waals surface area contributed by atoms with Crippen molar-refractivity contribution in [2.24, 2.45) is 5.41 Å².